The number of carboxylic acid groups (broad SMARTS) is 1. The van der Waals surface area contributed by atoms with Gasteiger partial charge in [-0.25, -0.2) is 9.78 Å². The molecule has 0 fully saturated rings. The fourth-order valence-electron chi connectivity index (χ4n) is 1.96. The number of pyridine rings is 1. The molecule has 3 aromatic rings. The Morgan fingerprint density at radius 3 is 2.42 bits per heavy atom. The first-order valence-electron chi connectivity index (χ1n) is 7.20. The van der Waals surface area contributed by atoms with Crippen LogP contribution in [-0.2, 0) is 20.1 Å². The van der Waals surface area contributed by atoms with Crippen molar-refractivity contribution >= 4 is 5.97 Å². The number of carbonyl (C=O) groups is 1. The first-order chi connectivity index (χ1) is 11.9. The number of benzene rings is 1. The van der Waals surface area contributed by atoms with E-state index >= 15 is 0 Å². The van der Waals surface area contributed by atoms with Crippen LogP contribution in [0.15, 0.2) is 42.7 Å². The molecule has 0 saturated heterocycles. The summed E-state index contributed by atoms with van der Waals surface area (Å²) in [5, 5.41) is 8.32. The molecule has 0 aliphatic carbocycles. The van der Waals surface area contributed by atoms with Gasteiger partial charge in [0.25, 0.3) is 0 Å². The van der Waals surface area contributed by atoms with Crippen LogP contribution in [0.2, 0.25) is 0 Å². The summed E-state index contributed by atoms with van der Waals surface area (Å²) in [5.41, 5.74) is 1.97. The number of aromatic nitrogens is 3. The van der Waals surface area contributed by atoms with Gasteiger partial charge in [-0.05, 0) is 26.0 Å². The Bertz CT molecular complexity index is 843. The van der Waals surface area contributed by atoms with Crippen molar-refractivity contribution in [3.05, 3.63) is 77.5 Å². The molecule has 8 heteroatoms. The molecule has 0 unspecified atom stereocenters. The van der Waals surface area contributed by atoms with E-state index in [0.717, 1.165) is 17.8 Å². The standard InChI is InChI=1S/C12H9F2N2.C6H5NO2.Ir/c1-7-6-15-12(8(2)16-7)10-4-3-9(13)5-11(10)14;8-6(9)5-3-1-2-4-7-5;/h3,5-6H,1-2H3;1-4H,(H,8,9);/q-1;;. The fourth-order valence-corrected chi connectivity index (χ4v) is 1.96. The van der Waals surface area contributed by atoms with Gasteiger partial charge in [0.2, 0.25) is 0 Å². The Kier molecular flexibility index (Phi) is 8.09. The van der Waals surface area contributed by atoms with Gasteiger partial charge in [0.1, 0.15) is 5.69 Å². The Balaban J connectivity index is 0.000000290. The fraction of sp³-hybridized carbons (Fsp3) is 0.111. The third kappa shape index (κ3) is 5.75. The first kappa shape index (κ1) is 21.5. The maximum atomic E-state index is 13.5. The summed E-state index contributed by atoms with van der Waals surface area (Å²) in [4.78, 5) is 22.0. The van der Waals surface area contributed by atoms with Crippen LogP contribution in [-0.4, -0.2) is 26.0 Å². The number of hydrogen-bond acceptors (Lipinski definition) is 4. The van der Waals surface area contributed by atoms with Crippen molar-refractivity contribution in [2.75, 3.05) is 0 Å². The Labute approximate surface area is 162 Å². The van der Waals surface area contributed by atoms with E-state index in [0.29, 0.717) is 11.4 Å². The zero-order chi connectivity index (χ0) is 18.4. The van der Waals surface area contributed by atoms with Gasteiger partial charge in [-0.2, -0.15) is 0 Å². The van der Waals surface area contributed by atoms with Crippen LogP contribution in [0.3, 0.4) is 0 Å². The average molecular weight is 535 g/mol. The maximum absolute atomic E-state index is 13.5. The normalized spacial score (nSPS) is 9.54. The second kappa shape index (κ2) is 9.79. The van der Waals surface area contributed by atoms with Crippen LogP contribution in [0, 0.1) is 31.5 Å². The smallest absolute Gasteiger partial charge is 0.354 e. The molecule has 0 aliphatic rings. The van der Waals surface area contributed by atoms with Crippen LogP contribution < -0.4 is 0 Å². The summed E-state index contributed by atoms with van der Waals surface area (Å²) in [6, 6.07) is 9.18. The zero-order valence-electron chi connectivity index (χ0n) is 13.8. The van der Waals surface area contributed by atoms with E-state index in [1.165, 1.54) is 12.3 Å². The van der Waals surface area contributed by atoms with Crippen molar-refractivity contribution in [2.45, 2.75) is 13.8 Å². The molecule has 5 nitrogen and oxygen atoms in total. The minimum absolute atomic E-state index is 0. The molecule has 26 heavy (non-hydrogen) atoms. The predicted molar refractivity (Wildman–Crippen MR) is 86.9 cm³/mol. The van der Waals surface area contributed by atoms with Crippen LogP contribution in [0.5, 0.6) is 0 Å². The summed E-state index contributed by atoms with van der Waals surface area (Å²) >= 11 is 0. The van der Waals surface area contributed by atoms with Crippen molar-refractivity contribution in [1.82, 2.24) is 15.0 Å². The summed E-state index contributed by atoms with van der Waals surface area (Å²) in [7, 11) is 0. The SMILES string of the molecule is Cc1cnc(-c2[c-]cc(F)cc2F)c(C)n1.O=C(O)c1ccccn1.[Ir]. The van der Waals surface area contributed by atoms with E-state index in [1.54, 1.807) is 32.2 Å². The van der Waals surface area contributed by atoms with E-state index in [9.17, 15) is 13.6 Å². The Morgan fingerprint density at radius 1 is 1.19 bits per heavy atom. The Morgan fingerprint density at radius 2 is 1.92 bits per heavy atom. The third-order valence-corrected chi connectivity index (χ3v) is 3.05. The van der Waals surface area contributed by atoms with Gasteiger partial charge in [-0.1, -0.05) is 17.7 Å². The molecule has 3 rings (SSSR count). The van der Waals surface area contributed by atoms with E-state index < -0.39 is 17.6 Å². The van der Waals surface area contributed by atoms with Gasteiger partial charge in [0.15, 0.2) is 0 Å². The van der Waals surface area contributed by atoms with Crippen LogP contribution in [0.1, 0.15) is 21.9 Å². The predicted octanol–water partition coefficient (Wildman–Crippen LogP) is 3.62. The van der Waals surface area contributed by atoms with E-state index in [4.69, 9.17) is 5.11 Å². The minimum atomic E-state index is -0.990. The van der Waals surface area contributed by atoms with E-state index in [2.05, 4.69) is 21.0 Å². The van der Waals surface area contributed by atoms with Gasteiger partial charge in [-0.15, -0.1) is 12.1 Å². The molecule has 0 aliphatic heterocycles. The second-order valence-electron chi connectivity index (χ2n) is 5.01. The van der Waals surface area contributed by atoms with Crippen molar-refractivity contribution in [3.8, 4) is 11.3 Å². The molecule has 0 spiro atoms. The number of hydrogen-bond donors (Lipinski definition) is 1. The van der Waals surface area contributed by atoms with Crippen LogP contribution in [0.25, 0.3) is 11.3 Å². The van der Waals surface area contributed by atoms with Crippen molar-refractivity contribution in [1.29, 1.82) is 0 Å². The van der Waals surface area contributed by atoms with E-state index in [-0.39, 0.29) is 31.4 Å². The monoisotopic (exact) mass is 535 g/mol. The number of nitrogens with zero attached hydrogens (tertiary/aromatic N) is 3. The number of rotatable bonds is 2. The number of aromatic carboxylic acids is 1. The zero-order valence-corrected chi connectivity index (χ0v) is 16.2. The number of carboxylic acids is 1. The summed E-state index contributed by atoms with van der Waals surface area (Å²) < 4.78 is 26.2. The summed E-state index contributed by atoms with van der Waals surface area (Å²) in [6.07, 6.45) is 2.99. The van der Waals surface area contributed by atoms with Crippen LogP contribution in [0.4, 0.5) is 8.78 Å². The number of halogens is 2. The largest absolute Gasteiger partial charge is 0.477 e. The molecule has 1 aromatic carbocycles. The Hall–Kier alpha value is -2.57. The molecule has 1 N–H and O–H groups in total. The van der Waals surface area contributed by atoms with Crippen LogP contribution >= 0.6 is 0 Å². The van der Waals surface area contributed by atoms with Crippen molar-refractivity contribution in [3.63, 3.8) is 0 Å². The van der Waals surface area contributed by atoms with Gasteiger partial charge in [-0.3, -0.25) is 13.8 Å². The van der Waals surface area contributed by atoms with Gasteiger partial charge in [0.05, 0.1) is 5.69 Å². The molecule has 0 amide bonds. The molecule has 0 bridgehead atoms. The molecule has 1 radical (unpaired) electrons. The summed E-state index contributed by atoms with van der Waals surface area (Å²) in [6.45, 7) is 3.53. The second-order valence-corrected chi connectivity index (χ2v) is 5.01. The minimum Gasteiger partial charge on any atom is -0.477 e. The first-order valence-corrected chi connectivity index (χ1v) is 7.20. The topological polar surface area (TPSA) is 76.0 Å². The van der Waals surface area contributed by atoms with Gasteiger partial charge in [0, 0.05) is 55.5 Å². The molecule has 2 aromatic heterocycles. The molecule has 0 atom stereocenters. The molecule has 0 saturated carbocycles. The van der Waals surface area contributed by atoms with Crippen molar-refractivity contribution in [2.24, 2.45) is 0 Å². The molecule has 2 heterocycles. The van der Waals surface area contributed by atoms with Crippen molar-refractivity contribution < 1.29 is 38.8 Å². The molecule has 137 valence electrons. The third-order valence-electron chi connectivity index (χ3n) is 3.05. The quantitative estimate of drug-likeness (QED) is 0.509. The maximum Gasteiger partial charge on any atom is 0.354 e. The molecular formula is C18H14F2IrN3O2-. The van der Waals surface area contributed by atoms with Gasteiger partial charge >= 0.3 is 5.97 Å². The summed E-state index contributed by atoms with van der Waals surface area (Å²) in [5.74, 6) is -2.32. The van der Waals surface area contributed by atoms with Gasteiger partial charge < -0.3 is 10.1 Å². The number of aryl methyl sites for hydroxylation is 2. The average Bonchev–Trinajstić information content (AvgIpc) is 2.57. The van der Waals surface area contributed by atoms with E-state index in [1.807, 2.05) is 0 Å². The molecular weight excluding hydrogens is 520 g/mol.